The van der Waals surface area contributed by atoms with Gasteiger partial charge in [-0.25, -0.2) is 0 Å². The minimum Gasteiger partial charge on any atom is -0.381 e. The van der Waals surface area contributed by atoms with Crippen LogP contribution >= 0.6 is 0 Å². The van der Waals surface area contributed by atoms with Crippen LogP contribution in [-0.4, -0.2) is 60.5 Å². The number of piperidine rings is 1. The Kier molecular flexibility index (Phi) is 4.24. The van der Waals surface area contributed by atoms with E-state index in [1.807, 2.05) is 9.80 Å². The van der Waals surface area contributed by atoms with Gasteiger partial charge in [-0.05, 0) is 32.1 Å². The first-order valence-corrected chi connectivity index (χ1v) is 7.91. The summed E-state index contributed by atoms with van der Waals surface area (Å²) in [5.74, 6) is 0.253. The summed E-state index contributed by atoms with van der Waals surface area (Å²) in [7, 11) is 0. The molecular formula is C15H24N2O3. The Balaban J connectivity index is 1.59. The molecule has 0 N–H and O–H groups in total. The third kappa shape index (κ3) is 2.82. The number of nitrogens with zero attached hydrogens (tertiary/aromatic N) is 2. The molecule has 20 heavy (non-hydrogen) atoms. The van der Waals surface area contributed by atoms with Crippen molar-refractivity contribution in [3.05, 3.63) is 0 Å². The summed E-state index contributed by atoms with van der Waals surface area (Å²) in [6.45, 7) is 3.85. The quantitative estimate of drug-likeness (QED) is 0.759. The second-order valence-corrected chi connectivity index (χ2v) is 6.18. The summed E-state index contributed by atoms with van der Waals surface area (Å²) in [5.41, 5.74) is 0. The van der Waals surface area contributed by atoms with Gasteiger partial charge >= 0.3 is 0 Å². The first kappa shape index (κ1) is 13.9. The van der Waals surface area contributed by atoms with E-state index in [4.69, 9.17) is 4.74 Å². The van der Waals surface area contributed by atoms with Crippen molar-refractivity contribution in [2.24, 2.45) is 5.92 Å². The number of carbonyl (C=O) groups is 2. The van der Waals surface area contributed by atoms with Crippen molar-refractivity contribution in [1.29, 1.82) is 0 Å². The molecule has 3 aliphatic heterocycles. The lowest BCUT2D eigenvalue weighted by atomic mass is 10.0. The molecule has 0 aliphatic carbocycles. The van der Waals surface area contributed by atoms with Crippen LogP contribution in [0, 0.1) is 5.92 Å². The number of likely N-dealkylation sites (tertiary alicyclic amines) is 2. The zero-order valence-corrected chi connectivity index (χ0v) is 12.1. The number of hydrogen-bond donors (Lipinski definition) is 0. The molecule has 1 unspecified atom stereocenters. The molecule has 3 fully saturated rings. The van der Waals surface area contributed by atoms with Crippen molar-refractivity contribution < 1.29 is 14.3 Å². The second-order valence-electron chi connectivity index (χ2n) is 6.18. The van der Waals surface area contributed by atoms with Gasteiger partial charge in [0, 0.05) is 45.3 Å². The Labute approximate surface area is 120 Å². The molecule has 0 aromatic carbocycles. The van der Waals surface area contributed by atoms with Gasteiger partial charge in [0.25, 0.3) is 0 Å². The van der Waals surface area contributed by atoms with Crippen molar-refractivity contribution in [3.63, 3.8) is 0 Å². The normalized spacial score (nSPS) is 29.0. The molecule has 3 saturated heterocycles. The minimum absolute atomic E-state index is 0.108. The van der Waals surface area contributed by atoms with Crippen LogP contribution in [0.2, 0.25) is 0 Å². The molecule has 0 radical (unpaired) electrons. The maximum absolute atomic E-state index is 12.5. The van der Waals surface area contributed by atoms with Crippen LogP contribution in [0.1, 0.15) is 38.5 Å². The highest BCUT2D eigenvalue weighted by molar-refractivity contribution is 5.89. The van der Waals surface area contributed by atoms with Crippen LogP contribution in [0.3, 0.4) is 0 Å². The molecular weight excluding hydrogens is 256 g/mol. The van der Waals surface area contributed by atoms with E-state index in [-0.39, 0.29) is 23.8 Å². The molecule has 0 bridgehead atoms. The van der Waals surface area contributed by atoms with Crippen LogP contribution < -0.4 is 0 Å². The van der Waals surface area contributed by atoms with Gasteiger partial charge in [-0.2, -0.15) is 0 Å². The molecule has 0 saturated carbocycles. The highest BCUT2D eigenvalue weighted by Crippen LogP contribution is 2.27. The summed E-state index contributed by atoms with van der Waals surface area (Å²) in [4.78, 5) is 28.6. The first-order valence-electron chi connectivity index (χ1n) is 7.91. The van der Waals surface area contributed by atoms with Crippen LogP contribution in [0.4, 0.5) is 0 Å². The van der Waals surface area contributed by atoms with Crippen LogP contribution in [0.5, 0.6) is 0 Å². The van der Waals surface area contributed by atoms with Gasteiger partial charge in [0.2, 0.25) is 11.8 Å². The van der Waals surface area contributed by atoms with Crippen molar-refractivity contribution >= 4 is 11.8 Å². The smallest absolute Gasteiger partial charge is 0.227 e. The molecule has 5 heteroatoms. The molecule has 5 nitrogen and oxygen atoms in total. The number of amides is 2. The van der Waals surface area contributed by atoms with Crippen molar-refractivity contribution in [1.82, 2.24) is 9.80 Å². The topological polar surface area (TPSA) is 49.9 Å². The largest absolute Gasteiger partial charge is 0.381 e. The fraction of sp³-hybridized carbons (Fsp3) is 0.867. The number of ether oxygens (including phenoxy) is 1. The van der Waals surface area contributed by atoms with Crippen molar-refractivity contribution in [3.8, 4) is 0 Å². The standard InChI is InChI=1S/C15H24N2O3/c18-14-10-12(15(19)16-6-2-1-3-7-16)11-17(14)13-4-8-20-9-5-13/h12-13H,1-11H2. The fourth-order valence-corrected chi connectivity index (χ4v) is 3.62. The zero-order valence-electron chi connectivity index (χ0n) is 12.1. The fourth-order valence-electron chi connectivity index (χ4n) is 3.62. The van der Waals surface area contributed by atoms with Gasteiger partial charge < -0.3 is 14.5 Å². The van der Waals surface area contributed by atoms with Gasteiger partial charge in [-0.1, -0.05) is 0 Å². The summed E-state index contributed by atoms with van der Waals surface area (Å²) < 4.78 is 5.35. The second kappa shape index (κ2) is 6.12. The highest BCUT2D eigenvalue weighted by Gasteiger charge is 2.39. The lowest BCUT2D eigenvalue weighted by Gasteiger charge is -2.32. The van der Waals surface area contributed by atoms with Crippen LogP contribution in [0.15, 0.2) is 0 Å². The monoisotopic (exact) mass is 280 g/mol. The molecule has 1 atom stereocenters. The van der Waals surface area contributed by atoms with E-state index in [1.54, 1.807) is 0 Å². The van der Waals surface area contributed by atoms with E-state index < -0.39 is 0 Å². The summed E-state index contributed by atoms with van der Waals surface area (Å²) in [6.07, 6.45) is 5.67. The van der Waals surface area contributed by atoms with Crippen molar-refractivity contribution in [2.45, 2.75) is 44.6 Å². The summed E-state index contributed by atoms with van der Waals surface area (Å²) in [6, 6.07) is 0.287. The van der Waals surface area contributed by atoms with E-state index in [1.165, 1.54) is 6.42 Å². The molecule has 3 heterocycles. The number of hydrogen-bond acceptors (Lipinski definition) is 3. The zero-order chi connectivity index (χ0) is 13.9. The lowest BCUT2D eigenvalue weighted by molar-refractivity contribution is -0.136. The Bertz CT molecular complexity index is 373. The molecule has 0 spiro atoms. The maximum atomic E-state index is 12.5. The van der Waals surface area contributed by atoms with Crippen LogP contribution in [-0.2, 0) is 14.3 Å². The lowest BCUT2D eigenvalue weighted by Crippen LogP contribution is -2.43. The van der Waals surface area contributed by atoms with Gasteiger partial charge in [-0.3, -0.25) is 9.59 Å². The Morgan fingerprint density at radius 3 is 2.50 bits per heavy atom. The SMILES string of the molecule is O=C(C1CC(=O)N(C2CCOCC2)C1)N1CCCCC1. The average molecular weight is 280 g/mol. The number of carbonyl (C=O) groups excluding carboxylic acids is 2. The predicted octanol–water partition coefficient (Wildman–Crippen LogP) is 1.03. The predicted molar refractivity (Wildman–Crippen MR) is 74.1 cm³/mol. The average Bonchev–Trinajstić information content (AvgIpc) is 2.90. The third-order valence-corrected chi connectivity index (χ3v) is 4.81. The van der Waals surface area contributed by atoms with Gasteiger partial charge in [0.05, 0.1) is 5.92 Å². The Hall–Kier alpha value is -1.10. The Morgan fingerprint density at radius 2 is 1.80 bits per heavy atom. The van der Waals surface area contributed by atoms with E-state index in [2.05, 4.69) is 0 Å². The van der Waals surface area contributed by atoms with Crippen molar-refractivity contribution in [2.75, 3.05) is 32.8 Å². The maximum Gasteiger partial charge on any atom is 0.227 e. The van der Waals surface area contributed by atoms with E-state index in [0.29, 0.717) is 13.0 Å². The summed E-state index contributed by atoms with van der Waals surface area (Å²) in [5, 5.41) is 0. The summed E-state index contributed by atoms with van der Waals surface area (Å²) >= 11 is 0. The van der Waals surface area contributed by atoms with E-state index in [9.17, 15) is 9.59 Å². The third-order valence-electron chi connectivity index (χ3n) is 4.81. The van der Waals surface area contributed by atoms with Gasteiger partial charge in [0.15, 0.2) is 0 Å². The van der Waals surface area contributed by atoms with E-state index >= 15 is 0 Å². The van der Waals surface area contributed by atoms with E-state index in [0.717, 1.165) is 52.0 Å². The van der Waals surface area contributed by atoms with Crippen LogP contribution in [0.25, 0.3) is 0 Å². The highest BCUT2D eigenvalue weighted by atomic mass is 16.5. The molecule has 112 valence electrons. The molecule has 2 amide bonds. The van der Waals surface area contributed by atoms with Gasteiger partial charge in [0.1, 0.15) is 0 Å². The first-order chi connectivity index (χ1) is 9.75. The molecule has 0 aromatic heterocycles. The Morgan fingerprint density at radius 1 is 1.10 bits per heavy atom. The minimum atomic E-state index is -0.108. The van der Waals surface area contributed by atoms with Gasteiger partial charge in [-0.15, -0.1) is 0 Å². The molecule has 0 aromatic rings. The molecule has 3 aliphatic rings. The number of rotatable bonds is 2. The molecule has 3 rings (SSSR count).